The van der Waals surface area contributed by atoms with Gasteiger partial charge in [-0.2, -0.15) is 0 Å². The second-order valence-electron chi connectivity index (χ2n) is 7.52. The summed E-state index contributed by atoms with van der Waals surface area (Å²) in [6.45, 7) is 5.65. The molecule has 1 fully saturated rings. The topological polar surface area (TPSA) is 55.8 Å². The van der Waals surface area contributed by atoms with Crippen LogP contribution < -0.4 is 0 Å². The van der Waals surface area contributed by atoms with Crippen LogP contribution in [0.5, 0.6) is 0 Å². The molecule has 5 nitrogen and oxygen atoms in total. The predicted octanol–water partition coefficient (Wildman–Crippen LogP) is 2.64. The summed E-state index contributed by atoms with van der Waals surface area (Å²) in [6.07, 6.45) is 0.325. The monoisotopic (exact) mass is 336 g/mol. The predicted molar refractivity (Wildman–Crippen MR) is 92.1 cm³/mol. The fourth-order valence-corrected chi connectivity index (χ4v) is 3.21. The lowest BCUT2D eigenvalue weighted by Gasteiger charge is -2.41. The summed E-state index contributed by atoms with van der Waals surface area (Å²) in [4.78, 5) is 12.9. The third-order valence-corrected chi connectivity index (χ3v) is 4.93. The Morgan fingerprint density at radius 3 is 2.42 bits per heavy atom. The molecule has 0 bridgehead atoms. The van der Waals surface area contributed by atoms with E-state index in [0.29, 0.717) is 12.8 Å². The van der Waals surface area contributed by atoms with Gasteiger partial charge in [0, 0.05) is 12.0 Å². The van der Waals surface area contributed by atoms with Crippen molar-refractivity contribution < 1.29 is 23.9 Å². The maximum Gasteiger partial charge on any atom is 0.316 e. The van der Waals surface area contributed by atoms with Crippen molar-refractivity contribution in [1.82, 2.24) is 0 Å². The Hall–Kier alpha value is -1.27. The molecule has 1 saturated heterocycles. The maximum absolute atomic E-state index is 12.9. The van der Waals surface area contributed by atoms with Gasteiger partial charge in [-0.15, -0.1) is 0 Å². The molecule has 2 rings (SSSR count). The molecule has 24 heavy (non-hydrogen) atoms. The zero-order valence-electron chi connectivity index (χ0n) is 15.4. The third-order valence-electron chi connectivity index (χ3n) is 4.93. The highest BCUT2D eigenvalue weighted by molar-refractivity contribution is 5.69. The van der Waals surface area contributed by atoms with E-state index in [2.05, 4.69) is 6.92 Å². The van der Waals surface area contributed by atoms with Crippen LogP contribution in [-0.2, 0) is 14.3 Å². The van der Waals surface area contributed by atoms with E-state index < -0.39 is 5.79 Å². The number of carbonyl (C=O) groups excluding carboxylic acids is 1. The number of benzene rings is 1. The number of carbonyl (C=O) groups is 1. The number of quaternary nitrogens is 1. The number of rotatable bonds is 5. The molecule has 1 heterocycles. The van der Waals surface area contributed by atoms with Gasteiger partial charge in [0.05, 0.1) is 39.3 Å². The second-order valence-corrected chi connectivity index (χ2v) is 7.52. The molecule has 1 aliphatic rings. The van der Waals surface area contributed by atoms with Crippen molar-refractivity contribution in [3.63, 3.8) is 0 Å². The molecule has 1 N–H and O–H groups in total. The molecule has 1 aromatic rings. The highest BCUT2D eigenvalue weighted by Gasteiger charge is 2.40. The summed E-state index contributed by atoms with van der Waals surface area (Å²) in [5.41, 5.74) is 1.14. The summed E-state index contributed by atoms with van der Waals surface area (Å²) in [5, 5.41) is 9.40. The molecule has 134 valence electrons. The Labute approximate surface area is 144 Å². The number of hydrogen-bond acceptors (Lipinski definition) is 4. The number of ether oxygens (including phenoxy) is 2. The summed E-state index contributed by atoms with van der Waals surface area (Å²) >= 11 is 0. The van der Waals surface area contributed by atoms with Gasteiger partial charge in [0.25, 0.3) is 0 Å². The Morgan fingerprint density at radius 2 is 1.83 bits per heavy atom. The molecule has 3 unspecified atom stereocenters. The van der Waals surface area contributed by atoms with Crippen molar-refractivity contribution >= 4 is 5.91 Å². The minimum absolute atomic E-state index is 0.0557. The van der Waals surface area contributed by atoms with Gasteiger partial charge in [-0.3, -0.25) is 4.48 Å². The van der Waals surface area contributed by atoms with Crippen molar-refractivity contribution in [2.45, 2.75) is 57.6 Å². The van der Waals surface area contributed by atoms with Crippen LogP contribution >= 0.6 is 0 Å². The van der Waals surface area contributed by atoms with Gasteiger partial charge in [0.1, 0.15) is 6.04 Å². The number of aliphatic hydroxyl groups is 1. The van der Waals surface area contributed by atoms with Crippen LogP contribution in [0.15, 0.2) is 30.3 Å². The number of nitrogens with zero attached hydrogens (tertiary/aromatic N) is 1. The molecular weight excluding hydrogens is 306 g/mol. The van der Waals surface area contributed by atoms with Crippen molar-refractivity contribution in [2.24, 2.45) is 0 Å². The molecule has 0 radical (unpaired) electrons. The van der Waals surface area contributed by atoms with E-state index in [1.165, 1.54) is 0 Å². The lowest BCUT2D eigenvalue weighted by Crippen LogP contribution is -2.51. The summed E-state index contributed by atoms with van der Waals surface area (Å²) in [7, 11) is 3.88. The summed E-state index contributed by atoms with van der Waals surface area (Å²) < 4.78 is 11.8. The van der Waals surface area contributed by atoms with E-state index in [-0.39, 0.29) is 35.2 Å². The van der Waals surface area contributed by atoms with Gasteiger partial charge in [0.2, 0.25) is 0 Å². The Bertz CT molecular complexity index is 556. The average Bonchev–Trinajstić information content (AvgIpc) is 2.53. The van der Waals surface area contributed by atoms with Crippen LogP contribution in [0.4, 0.5) is 0 Å². The van der Waals surface area contributed by atoms with Crippen LogP contribution in [0.25, 0.3) is 0 Å². The number of hydrogen-bond donors (Lipinski definition) is 1. The molecule has 3 atom stereocenters. The van der Waals surface area contributed by atoms with Crippen LogP contribution in [0, 0.1) is 0 Å². The summed E-state index contributed by atoms with van der Waals surface area (Å²) in [5.74, 6) is -0.663. The molecule has 0 spiro atoms. The number of aliphatic hydroxyl groups excluding tert-OH is 1. The third kappa shape index (κ3) is 4.42. The standard InChI is InChI=1S/C19H30NO4/c1-14(15-9-7-6-8-10-15)20(4,5)18(22)12-16-11-17(13-21)24-19(2,3)23-16/h6-10,14,16-17,21H,11-13H2,1-5H3/q+1. The fraction of sp³-hybridized carbons (Fsp3) is 0.632. The van der Waals surface area contributed by atoms with E-state index in [1.54, 1.807) is 0 Å². The zero-order chi connectivity index (χ0) is 18.0. The van der Waals surface area contributed by atoms with Gasteiger partial charge in [-0.1, -0.05) is 30.3 Å². The van der Waals surface area contributed by atoms with E-state index in [9.17, 15) is 9.90 Å². The first-order valence-electron chi connectivity index (χ1n) is 8.54. The Balaban J connectivity index is 2.07. The number of amides is 1. The quantitative estimate of drug-likeness (QED) is 0.840. The van der Waals surface area contributed by atoms with E-state index in [4.69, 9.17) is 9.47 Å². The van der Waals surface area contributed by atoms with Gasteiger partial charge in [0.15, 0.2) is 5.79 Å². The Morgan fingerprint density at radius 1 is 1.25 bits per heavy atom. The van der Waals surface area contributed by atoms with Crippen molar-refractivity contribution in [1.29, 1.82) is 0 Å². The summed E-state index contributed by atoms with van der Waals surface area (Å²) in [6, 6.07) is 10.1. The minimum Gasteiger partial charge on any atom is -0.394 e. The maximum atomic E-state index is 12.9. The van der Waals surface area contributed by atoms with E-state index in [0.717, 1.165) is 5.56 Å². The smallest absolute Gasteiger partial charge is 0.316 e. The second kappa shape index (κ2) is 7.31. The van der Waals surface area contributed by atoms with Crippen LogP contribution in [-0.4, -0.2) is 54.2 Å². The first-order chi connectivity index (χ1) is 11.2. The molecule has 1 aliphatic heterocycles. The van der Waals surface area contributed by atoms with Crippen LogP contribution in [0.2, 0.25) is 0 Å². The SMILES string of the molecule is CC(c1ccccc1)[N+](C)(C)C(=O)CC1CC(CO)OC(C)(C)O1. The van der Waals surface area contributed by atoms with Gasteiger partial charge in [-0.05, 0) is 20.8 Å². The highest BCUT2D eigenvalue weighted by Crippen LogP contribution is 2.31. The first kappa shape index (κ1) is 19.1. The van der Waals surface area contributed by atoms with Crippen molar-refractivity contribution in [3.8, 4) is 0 Å². The van der Waals surface area contributed by atoms with Gasteiger partial charge >= 0.3 is 5.91 Å². The van der Waals surface area contributed by atoms with Crippen molar-refractivity contribution in [3.05, 3.63) is 35.9 Å². The lowest BCUT2D eigenvalue weighted by atomic mass is 10.0. The van der Waals surface area contributed by atoms with E-state index in [1.807, 2.05) is 58.3 Å². The first-order valence-corrected chi connectivity index (χ1v) is 8.54. The Kier molecular flexibility index (Phi) is 5.81. The zero-order valence-corrected chi connectivity index (χ0v) is 15.4. The minimum atomic E-state index is -0.779. The molecule has 0 aliphatic carbocycles. The fourth-order valence-electron chi connectivity index (χ4n) is 3.21. The van der Waals surface area contributed by atoms with Gasteiger partial charge < -0.3 is 14.6 Å². The van der Waals surface area contributed by atoms with Crippen LogP contribution in [0.3, 0.4) is 0 Å². The van der Waals surface area contributed by atoms with Crippen LogP contribution in [0.1, 0.15) is 45.2 Å². The molecular formula is C19H30NO4+. The average molecular weight is 336 g/mol. The van der Waals surface area contributed by atoms with E-state index >= 15 is 0 Å². The molecule has 1 aromatic carbocycles. The largest absolute Gasteiger partial charge is 0.394 e. The lowest BCUT2D eigenvalue weighted by molar-refractivity contribution is -0.845. The highest BCUT2D eigenvalue weighted by atomic mass is 16.7. The molecule has 1 amide bonds. The normalized spacial score (nSPS) is 25.2. The molecule has 0 saturated carbocycles. The van der Waals surface area contributed by atoms with Gasteiger partial charge in [-0.25, -0.2) is 4.79 Å². The molecule has 0 aromatic heterocycles. The molecule has 5 heteroatoms. The van der Waals surface area contributed by atoms with Crippen molar-refractivity contribution in [2.75, 3.05) is 20.7 Å².